The number of guanidine groups is 1. The average Bonchev–Trinajstić information content (AvgIpc) is 3.05. The van der Waals surface area contributed by atoms with Gasteiger partial charge in [-0.25, -0.2) is 4.98 Å². The summed E-state index contributed by atoms with van der Waals surface area (Å²) in [4.78, 5) is 9.29. The highest BCUT2D eigenvalue weighted by molar-refractivity contribution is 14.0. The minimum atomic E-state index is 0. The van der Waals surface area contributed by atoms with Crippen LogP contribution in [-0.4, -0.2) is 61.6 Å². The molecule has 0 atom stereocenters. The van der Waals surface area contributed by atoms with Crippen LogP contribution in [0.3, 0.4) is 0 Å². The van der Waals surface area contributed by atoms with E-state index in [1.54, 1.807) is 0 Å². The molecule has 1 aromatic heterocycles. The van der Waals surface area contributed by atoms with Crippen molar-refractivity contribution in [3.63, 3.8) is 0 Å². The van der Waals surface area contributed by atoms with Crippen LogP contribution >= 0.6 is 24.0 Å². The number of aryl methyl sites for hydroxylation is 2. The van der Waals surface area contributed by atoms with E-state index < -0.39 is 0 Å². The Bertz CT molecular complexity index is 735. The third-order valence-corrected chi connectivity index (χ3v) is 4.55. The predicted molar refractivity (Wildman–Crippen MR) is 135 cm³/mol. The number of benzene rings is 1. The number of halogens is 1. The summed E-state index contributed by atoms with van der Waals surface area (Å²) in [6.45, 7) is 12.3. The standard InChI is InChI=1S/C22H37N5O2.HI/c1-4-6-15-28-17-18-29-16-13-25-22(23-5-2)24-12-9-14-27-19(3)26-20-10-7-8-11-21(20)27;/h7-8,10-11H,4-6,9,12-18H2,1-3H3,(H2,23,24,25);1H. The number of unbranched alkanes of at least 4 members (excludes halogenated alkanes) is 1. The first-order valence-electron chi connectivity index (χ1n) is 10.9. The summed E-state index contributed by atoms with van der Waals surface area (Å²) in [6, 6.07) is 8.27. The van der Waals surface area contributed by atoms with Crippen molar-refractivity contribution >= 4 is 41.0 Å². The molecule has 0 bridgehead atoms. The maximum absolute atomic E-state index is 5.59. The Morgan fingerprint density at radius 3 is 2.57 bits per heavy atom. The number of para-hydroxylation sites is 2. The van der Waals surface area contributed by atoms with Gasteiger partial charge in [-0.1, -0.05) is 25.5 Å². The Balaban J connectivity index is 0.00000450. The molecule has 2 N–H and O–H groups in total. The van der Waals surface area contributed by atoms with Crippen LogP contribution in [0.15, 0.2) is 29.3 Å². The van der Waals surface area contributed by atoms with Crippen LogP contribution in [0, 0.1) is 6.92 Å². The Labute approximate surface area is 198 Å². The number of hydrogen-bond donors (Lipinski definition) is 2. The van der Waals surface area contributed by atoms with E-state index in [-0.39, 0.29) is 24.0 Å². The quantitative estimate of drug-likeness (QED) is 0.168. The van der Waals surface area contributed by atoms with Crippen LogP contribution in [0.5, 0.6) is 0 Å². The maximum atomic E-state index is 5.59. The fourth-order valence-corrected chi connectivity index (χ4v) is 3.05. The van der Waals surface area contributed by atoms with Gasteiger partial charge in [0, 0.05) is 32.8 Å². The summed E-state index contributed by atoms with van der Waals surface area (Å²) in [6.07, 6.45) is 3.24. The highest BCUT2D eigenvalue weighted by Crippen LogP contribution is 2.15. The first-order chi connectivity index (χ1) is 14.3. The lowest BCUT2D eigenvalue weighted by Gasteiger charge is -2.12. The van der Waals surface area contributed by atoms with Crippen LogP contribution in [0.1, 0.15) is 38.9 Å². The third kappa shape index (κ3) is 9.61. The predicted octanol–water partition coefficient (Wildman–Crippen LogP) is 3.74. The van der Waals surface area contributed by atoms with Gasteiger partial charge in [-0.15, -0.1) is 24.0 Å². The number of rotatable bonds is 14. The molecule has 0 aliphatic heterocycles. The second-order valence-electron chi connectivity index (χ2n) is 6.92. The van der Waals surface area contributed by atoms with Crippen molar-refractivity contribution in [1.29, 1.82) is 0 Å². The monoisotopic (exact) mass is 531 g/mol. The number of nitrogens with zero attached hydrogens (tertiary/aromatic N) is 3. The van der Waals surface area contributed by atoms with Gasteiger partial charge < -0.3 is 24.7 Å². The number of nitrogens with one attached hydrogen (secondary N) is 2. The molecule has 0 saturated heterocycles. The van der Waals surface area contributed by atoms with E-state index in [1.165, 1.54) is 5.52 Å². The van der Waals surface area contributed by atoms with Crippen LogP contribution in [0.4, 0.5) is 0 Å². The zero-order chi connectivity index (χ0) is 20.7. The number of imidazole rings is 1. The van der Waals surface area contributed by atoms with Gasteiger partial charge in [0.05, 0.1) is 30.9 Å². The summed E-state index contributed by atoms with van der Waals surface area (Å²) in [5, 5.41) is 6.60. The van der Waals surface area contributed by atoms with Crippen molar-refractivity contribution in [2.24, 2.45) is 4.99 Å². The highest BCUT2D eigenvalue weighted by atomic mass is 127. The van der Waals surface area contributed by atoms with Gasteiger partial charge in [0.25, 0.3) is 0 Å². The molecule has 2 rings (SSSR count). The van der Waals surface area contributed by atoms with E-state index in [4.69, 9.17) is 9.47 Å². The van der Waals surface area contributed by atoms with Gasteiger partial charge in [-0.2, -0.15) is 0 Å². The fourth-order valence-electron chi connectivity index (χ4n) is 3.05. The van der Waals surface area contributed by atoms with Crippen molar-refractivity contribution < 1.29 is 9.47 Å². The molecule has 2 aromatic rings. The average molecular weight is 531 g/mol. The number of aromatic nitrogens is 2. The summed E-state index contributed by atoms with van der Waals surface area (Å²) >= 11 is 0. The van der Waals surface area contributed by atoms with Gasteiger partial charge in [-0.05, 0) is 38.8 Å². The Morgan fingerprint density at radius 2 is 1.80 bits per heavy atom. The Hall–Kier alpha value is -1.39. The lowest BCUT2D eigenvalue weighted by Crippen LogP contribution is -2.39. The summed E-state index contributed by atoms with van der Waals surface area (Å²) < 4.78 is 13.3. The largest absolute Gasteiger partial charge is 0.379 e. The van der Waals surface area contributed by atoms with E-state index in [9.17, 15) is 0 Å². The molecule has 0 saturated carbocycles. The Kier molecular flexibility index (Phi) is 14.5. The number of hydrogen-bond acceptors (Lipinski definition) is 4. The van der Waals surface area contributed by atoms with Gasteiger partial charge >= 0.3 is 0 Å². The minimum Gasteiger partial charge on any atom is -0.379 e. The molecule has 0 radical (unpaired) electrons. The molecule has 0 aliphatic carbocycles. The zero-order valence-electron chi connectivity index (χ0n) is 18.7. The Morgan fingerprint density at radius 1 is 1.03 bits per heavy atom. The fraction of sp³-hybridized carbons (Fsp3) is 0.636. The second-order valence-corrected chi connectivity index (χ2v) is 6.92. The lowest BCUT2D eigenvalue weighted by molar-refractivity contribution is 0.0487. The molecule has 1 aromatic carbocycles. The number of ether oxygens (including phenoxy) is 2. The minimum absolute atomic E-state index is 0. The van der Waals surface area contributed by atoms with Crippen molar-refractivity contribution in [2.75, 3.05) is 46.1 Å². The molecule has 0 fully saturated rings. The summed E-state index contributed by atoms with van der Waals surface area (Å²) in [5.41, 5.74) is 2.24. The van der Waals surface area contributed by atoms with E-state index >= 15 is 0 Å². The molecule has 0 aliphatic rings. The molecule has 8 heteroatoms. The van der Waals surface area contributed by atoms with Crippen molar-refractivity contribution in [3.8, 4) is 0 Å². The SMILES string of the molecule is CCCCOCCOCCNC(=NCCCn1c(C)nc2ccccc21)NCC.I. The summed E-state index contributed by atoms with van der Waals surface area (Å²) in [5.74, 6) is 1.89. The first-order valence-corrected chi connectivity index (χ1v) is 10.9. The molecule has 7 nitrogen and oxygen atoms in total. The van der Waals surface area contributed by atoms with E-state index in [1.807, 2.05) is 6.07 Å². The van der Waals surface area contributed by atoms with Gasteiger partial charge in [0.2, 0.25) is 0 Å². The molecular formula is C22H38IN5O2. The number of fused-ring (bicyclic) bond motifs is 1. The lowest BCUT2D eigenvalue weighted by atomic mass is 10.3. The van der Waals surface area contributed by atoms with E-state index in [2.05, 4.69) is 64.1 Å². The van der Waals surface area contributed by atoms with Crippen LogP contribution in [-0.2, 0) is 16.0 Å². The second kappa shape index (κ2) is 16.3. The molecule has 0 amide bonds. The normalized spacial score (nSPS) is 11.5. The van der Waals surface area contributed by atoms with Crippen molar-refractivity contribution in [2.45, 2.75) is 46.6 Å². The maximum Gasteiger partial charge on any atom is 0.191 e. The molecule has 170 valence electrons. The molecule has 30 heavy (non-hydrogen) atoms. The molecular weight excluding hydrogens is 493 g/mol. The van der Waals surface area contributed by atoms with Crippen molar-refractivity contribution in [3.05, 3.63) is 30.1 Å². The highest BCUT2D eigenvalue weighted by Gasteiger charge is 2.05. The zero-order valence-corrected chi connectivity index (χ0v) is 21.0. The van der Waals surface area contributed by atoms with E-state index in [0.29, 0.717) is 19.8 Å². The number of aliphatic imine (C=N–C) groups is 1. The van der Waals surface area contributed by atoms with E-state index in [0.717, 1.165) is 69.3 Å². The van der Waals surface area contributed by atoms with Crippen LogP contribution in [0.2, 0.25) is 0 Å². The van der Waals surface area contributed by atoms with Crippen LogP contribution in [0.25, 0.3) is 11.0 Å². The third-order valence-electron chi connectivity index (χ3n) is 4.55. The topological polar surface area (TPSA) is 72.7 Å². The van der Waals surface area contributed by atoms with Gasteiger partial charge in [-0.3, -0.25) is 4.99 Å². The van der Waals surface area contributed by atoms with Gasteiger partial charge in [0.1, 0.15) is 5.82 Å². The van der Waals surface area contributed by atoms with Crippen molar-refractivity contribution in [1.82, 2.24) is 20.2 Å². The molecule has 0 unspecified atom stereocenters. The smallest absolute Gasteiger partial charge is 0.191 e. The van der Waals surface area contributed by atoms with Gasteiger partial charge in [0.15, 0.2) is 5.96 Å². The molecule has 1 heterocycles. The first kappa shape index (κ1) is 26.6. The molecule has 0 spiro atoms. The summed E-state index contributed by atoms with van der Waals surface area (Å²) in [7, 11) is 0. The van der Waals surface area contributed by atoms with Crippen LogP contribution < -0.4 is 10.6 Å².